The Morgan fingerprint density at radius 3 is 2.38 bits per heavy atom. The molecule has 1 aliphatic carbocycles. The Kier molecular flexibility index (Phi) is 14.4. The van der Waals surface area contributed by atoms with E-state index in [9.17, 15) is 23.2 Å². The molecule has 2 atom stereocenters. The predicted octanol–water partition coefficient (Wildman–Crippen LogP) is 8.77. The van der Waals surface area contributed by atoms with Crippen LogP contribution in [0, 0.1) is 5.92 Å². The Labute approximate surface area is 316 Å². The SMILES string of the molecule is C\C=C(Cl)/C(C[C@H](OC(=O)c1ccc(OC)c(OC(=O)[C@@H]2CCCN2C(=O)OC(C)(C)C)c1)c1ccc(OC(F)F)c(OCC2CC2)c1)=C(Cl)\C=N\O. The van der Waals surface area contributed by atoms with Crippen molar-refractivity contribution in [3.63, 3.8) is 0 Å². The van der Waals surface area contributed by atoms with Crippen LogP contribution in [-0.2, 0) is 14.3 Å². The van der Waals surface area contributed by atoms with Gasteiger partial charge in [0.05, 0.1) is 30.5 Å². The van der Waals surface area contributed by atoms with Crippen LogP contribution in [0.15, 0.2) is 63.3 Å². The summed E-state index contributed by atoms with van der Waals surface area (Å²) >= 11 is 12.9. The van der Waals surface area contributed by atoms with E-state index in [1.807, 2.05) is 0 Å². The van der Waals surface area contributed by atoms with Gasteiger partial charge in [-0.25, -0.2) is 14.4 Å². The molecule has 4 rings (SSSR count). The van der Waals surface area contributed by atoms with Gasteiger partial charge in [-0.05, 0) is 101 Å². The highest BCUT2D eigenvalue weighted by Crippen LogP contribution is 2.40. The van der Waals surface area contributed by atoms with Crippen LogP contribution in [0.4, 0.5) is 13.6 Å². The van der Waals surface area contributed by atoms with Gasteiger partial charge in [-0.2, -0.15) is 8.78 Å². The number of hydrogen-bond acceptors (Lipinski definition) is 11. The maximum atomic E-state index is 13.8. The van der Waals surface area contributed by atoms with Crippen molar-refractivity contribution in [2.75, 3.05) is 20.3 Å². The van der Waals surface area contributed by atoms with E-state index in [-0.39, 0.29) is 63.1 Å². The topological polar surface area (TPSA) is 142 Å². The van der Waals surface area contributed by atoms with Crippen LogP contribution >= 0.6 is 23.2 Å². The molecule has 2 aliphatic rings. The van der Waals surface area contributed by atoms with Crippen molar-refractivity contribution in [1.29, 1.82) is 0 Å². The number of ether oxygens (including phenoxy) is 6. The van der Waals surface area contributed by atoms with E-state index in [1.54, 1.807) is 27.7 Å². The number of carbonyl (C=O) groups is 3. The second kappa shape index (κ2) is 18.5. The fraction of sp³-hybridized carbons (Fsp3) is 0.459. The molecule has 53 heavy (non-hydrogen) atoms. The van der Waals surface area contributed by atoms with Crippen LogP contribution in [0.1, 0.15) is 81.8 Å². The molecule has 16 heteroatoms. The zero-order valence-electron chi connectivity index (χ0n) is 29.9. The first-order chi connectivity index (χ1) is 25.1. The summed E-state index contributed by atoms with van der Waals surface area (Å²) in [6.07, 6.45) is 3.25. The summed E-state index contributed by atoms with van der Waals surface area (Å²) in [7, 11) is 1.35. The number of nitrogens with zero attached hydrogens (tertiary/aromatic N) is 2. The van der Waals surface area contributed by atoms with Gasteiger partial charge < -0.3 is 33.6 Å². The summed E-state index contributed by atoms with van der Waals surface area (Å²) in [5.41, 5.74) is -0.292. The van der Waals surface area contributed by atoms with Crippen molar-refractivity contribution in [1.82, 2.24) is 4.90 Å². The van der Waals surface area contributed by atoms with Crippen molar-refractivity contribution in [2.45, 2.75) is 84.2 Å². The highest BCUT2D eigenvalue weighted by Gasteiger charge is 2.38. The molecule has 1 heterocycles. The van der Waals surface area contributed by atoms with Gasteiger partial charge in [-0.3, -0.25) is 4.90 Å². The number of rotatable bonds is 15. The summed E-state index contributed by atoms with van der Waals surface area (Å²) in [5.74, 6) is -1.55. The molecule has 0 aromatic heterocycles. The van der Waals surface area contributed by atoms with Gasteiger partial charge in [0.2, 0.25) is 0 Å². The predicted molar refractivity (Wildman–Crippen MR) is 191 cm³/mol. The minimum atomic E-state index is -3.12. The number of benzene rings is 2. The molecule has 2 fully saturated rings. The molecule has 1 N–H and O–H groups in total. The van der Waals surface area contributed by atoms with Gasteiger partial charge >= 0.3 is 24.6 Å². The minimum Gasteiger partial charge on any atom is -0.493 e. The molecule has 288 valence electrons. The molecule has 2 aromatic rings. The van der Waals surface area contributed by atoms with E-state index < -0.39 is 42.4 Å². The maximum Gasteiger partial charge on any atom is 0.411 e. The molecule has 1 saturated heterocycles. The molecule has 0 bridgehead atoms. The highest BCUT2D eigenvalue weighted by molar-refractivity contribution is 6.42. The smallest absolute Gasteiger partial charge is 0.411 e. The molecule has 12 nitrogen and oxygen atoms in total. The molecule has 1 aliphatic heterocycles. The van der Waals surface area contributed by atoms with Crippen LogP contribution in [0.25, 0.3) is 0 Å². The third kappa shape index (κ3) is 11.7. The Bertz CT molecular complexity index is 1740. The lowest BCUT2D eigenvalue weighted by molar-refractivity contribution is -0.139. The average Bonchev–Trinajstić information content (AvgIpc) is 3.80. The fourth-order valence-corrected chi connectivity index (χ4v) is 5.81. The number of likely N-dealkylation sites (tertiary alicyclic amines) is 1. The Morgan fingerprint density at radius 2 is 1.75 bits per heavy atom. The normalized spacial score (nSPS) is 17.4. The third-order valence-corrected chi connectivity index (χ3v) is 8.90. The first-order valence-corrected chi connectivity index (χ1v) is 17.6. The lowest BCUT2D eigenvalue weighted by Crippen LogP contribution is -2.44. The number of alkyl halides is 2. The molecule has 0 spiro atoms. The molecule has 0 radical (unpaired) electrons. The summed E-state index contributed by atoms with van der Waals surface area (Å²) in [4.78, 5) is 41.3. The summed E-state index contributed by atoms with van der Waals surface area (Å²) in [6.45, 7) is 4.24. The van der Waals surface area contributed by atoms with Gasteiger partial charge in [0, 0.05) is 18.0 Å². The zero-order valence-corrected chi connectivity index (χ0v) is 31.4. The van der Waals surface area contributed by atoms with Crippen LogP contribution in [-0.4, -0.2) is 72.9 Å². The van der Waals surface area contributed by atoms with Gasteiger partial charge in [-0.1, -0.05) is 40.5 Å². The standard InChI is InChI=1S/C37H42Cl2F2N2O10/c1-6-25(38)24(26(39)19-42-47)18-30(22-11-14-29(52-35(40)41)31(16-22)49-20-21-9-10-21)50-33(44)23-12-13-28(48-5)32(17-23)51-34(45)27-8-7-15-43(27)36(46)53-37(2,3)4/h6,11-14,16-17,19,21,27,30,35,47H,7-10,15,18,20H2,1-5H3/b25-6+,26-24+,42-19+/t27-,30-/m0/s1. The largest absolute Gasteiger partial charge is 0.493 e. The number of esters is 2. The second-order valence-corrected chi connectivity index (χ2v) is 14.1. The van der Waals surface area contributed by atoms with Crippen LogP contribution in [0.5, 0.6) is 23.0 Å². The van der Waals surface area contributed by atoms with E-state index in [1.165, 1.54) is 54.5 Å². The molecule has 2 aromatic carbocycles. The van der Waals surface area contributed by atoms with Crippen molar-refractivity contribution in [3.8, 4) is 23.0 Å². The van der Waals surface area contributed by atoms with Gasteiger partial charge in [0.1, 0.15) is 17.7 Å². The number of allylic oxidation sites excluding steroid dienone is 3. The fourth-order valence-electron chi connectivity index (χ4n) is 5.36. The summed E-state index contributed by atoms with van der Waals surface area (Å²) in [5, 5.41) is 12.2. The Hall–Kier alpha value is -4.56. The lowest BCUT2D eigenvalue weighted by atomic mass is 9.99. The zero-order chi connectivity index (χ0) is 38.9. The Balaban J connectivity index is 1.67. The van der Waals surface area contributed by atoms with Gasteiger partial charge in [0.25, 0.3) is 0 Å². The van der Waals surface area contributed by atoms with E-state index in [0.29, 0.717) is 24.9 Å². The van der Waals surface area contributed by atoms with E-state index >= 15 is 0 Å². The van der Waals surface area contributed by atoms with E-state index in [4.69, 9.17) is 52.1 Å². The lowest BCUT2D eigenvalue weighted by Gasteiger charge is -2.27. The van der Waals surface area contributed by atoms with Gasteiger partial charge in [-0.15, -0.1) is 0 Å². The van der Waals surface area contributed by atoms with Crippen molar-refractivity contribution >= 4 is 47.4 Å². The van der Waals surface area contributed by atoms with Crippen LogP contribution < -0.4 is 18.9 Å². The number of hydrogen-bond donors (Lipinski definition) is 1. The van der Waals surface area contributed by atoms with Crippen LogP contribution in [0.2, 0.25) is 0 Å². The number of carbonyl (C=O) groups excluding carboxylic acids is 3. The molecule has 1 amide bonds. The number of halogens is 4. The second-order valence-electron chi connectivity index (χ2n) is 13.3. The number of amides is 1. The first-order valence-electron chi connectivity index (χ1n) is 16.8. The summed E-state index contributed by atoms with van der Waals surface area (Å²) in [6, 6.07) is 7.25. The van der Waals surface area contributed by atoms with Crippen LogP contribution in [0.3, 0.4) is 0 Å². The quantitative estimate of drug-likeness (QED) is 0.0465. The molecular weight excluding hydrogens is 741 g/mol. The van der Waals surface area contributed by atoms with E-state index in [0.717, 1.165) is 19.1 Å². The molecule has 0 unspecified atom stereocenters. The van der Waals surface area contributed by atoms with Crippen molar-refractivity contribution in [3.05, 3.63) is 69.2 Å². The maximum absolute atomic E-state index is 13.8. The highest BCUT2D eigenvalue weighted by atomic mass is 35.5. The molecular formula is C37H42Cl2F2N2O10. The first kappa shape index (κ1) is 41.2. The average molecular weight is 784 g/mol. The van der Waals surface area contributed by atoms with E-state index in [2.05, 4.69) is 9.89 Å². The third-order valence-electron chi connectivity index (χ3n) is 8.13. The monoisotopic (exact) mass is 782 g/mol. The van der Waals surface area contributed by atoms with Crippen molar-refractivity contribution < 1.29 is 56.8 Å². The van der Waals surface area contributed by atoms with Crippen molar-refractivity contribution in [2.24, 2.45) is 11.1 Å². The molecule has 1 saturated carbocycles. The minimum absolute atomic E-state index is 0.00686. The number of methoxy groups -OCH3 is 1. The van der Waals surface area contributed by atoms with Gasteiger partial charge in [0.15, 0.2) is 23.0 Å². The Morgan fingerprint density at radius 1 is 1.04 bits per heavy atom. The summed E-state index contributed by atoms with van der Waals surface area (Å²) < 4.78 is 59.6. The number of oxime groups is 1.